The van der Waals surface area contributed by atoms with Gasteiger partial charge in [-0.1, -0.05) is 0 Å². The van der Waals surface area contributed by atoms with Crippen LogP contribution in [0, 0.1) is 37.9 Å². The number of unbranched alkanes of at least 4 members (excludes halogenated alkanes) is 6. The monoisotopic (exact) mass is 1010 g/mol. The maximum absolute atomic E-state index is 19.4. The number of hydrogen-bond donors (Lipinski definition) is 2. The zero-order valence-corrected chi connectivity index (χ0v) is 48.8. The molecule has 0 fully saturated rings. The Bertz CT molecular complexity index is 1750. The first-order valence-corrected chi connectivity index (χ1v) is 36.0. The van der Waals surface area contributed by atoms with Crippen LogP contribution in [0.1, 0.15) is 240 Å². The first-order chi connectivity index (χ1) is 29.5. The number of carbonyl (C=O) groups is 3. The molecule has 0 radical (unpaired) electrons. The Hall–Kier alpha value is -1.51. The van der Waals surface area contributed by atoms with E-state index in [4.69, 9.17) is 5.78 Å². The van der Waals surface area contributed by atoms with E-state index in [0.29, 0.717) is 57.8 Å². The van der Waals surface area contributed by atoms with Gasteiger partial charge in [0.15, 0.2) is 0 Å². The molecule has 0 heterocycles. The van der Waals surface area contributed by atoms with E-state index in [1.165, 1.54) is 6.08 Å². The molecule has 0 bridgehead atoms. The average molecular weight is 1010 g/mol. The number of rotatable bonds is 33. The molecular weight excluding hydrogens is 904 g/mol. The van der Waals surface area contributed by atoms with Crippen LogP contribution in [0.15, 0.2) is 50.6 Å². The normalized spacial score (nSPS) is 17.0. The summed E-state index contributed by atoms with van der Waals surface area (Å²) >= 11 is -11.2. The Morgan fingerprint density at radius 1 is 0.470 bits per heavy atom. The van der Waals surface area contributed by atoms with Gasteiger partial charge >= 0.3 is 401 Å². The molecule has 0 aromatic carbocycles. The van der Waals surface area contributed by atoms with Crippen LogP contribution in [-0.4, -0.2) is 26.6 Å². The summed E-state index contributed by atoms with van der Waals surface area (Å²) < 4.78 is 25.9. The Kier molecular flexibility index (Phi) is 19.8. The predicted molar refractivity (Wildman–Crippen MR) is 277 cm³/mol. The Morgan fingerprint density at radius 3 is 1.00 bits per heavy atom. The molecule has 9 heteroatoms. The van der Waals surface area contributed by atoms with Gasteiger partial charge in [0.25, 0.3) is 0 Å². The minimum atomic E-state index is -11.2. The van der Waals surface area contributed by atoms with Crippen LogP contribution in [0.4, 0.5) is 0 Å². The topological polar surface area (TPSA) is 127 Å². The molecule has 0 amide bonds. The minimum absolute atomic E-state index is 0.00583. The van der Waals surface area contributed by atoms with Crippen molar-refractivity contribution in [3.8, 4) is 0 Å². The summed E-state index contributed by atoms with van der Waals surface area (Å²) in [7, 11) is 0. The molecule has 8 nitrogen and oxygen atoms in total. The molecule has 66 heavy (non-hydrogen) atoms. The molecule has 0 aliphatic rings. The third-order valence-corrected chi connectivity index (χ3v) is 45.6. The third kappa shape index (κ3) is 12.3. The maximum atomic E-state index is 19.4. The van der Waals surface area contributed by atoms with Crippen LogP contribution in [0.25, 0.3) is 0 Å². The number of hydrogen-bond acceptors (Lipinski definition) is 8. The Morgan fingerprint density at radius 2 is 0.773 bits per heavy atom. The number of carbonyl (C=O) groups excluding carboxylic acids is 3. The van der Waals surface area contributed by atoms with Gasteiger partial charge in [0, 0.05) is 0 Å². The zero-order chi connectivity index (χ0) is 52.2. The third-order valence-electron chi connectivity index (χ3n) is 16.1. The van der Waals surface area contributed by atoms with Gasteiger partial charge in [0.05, 0.1) is 0 Å². The zero-order valence-electron chi connectivity index (χ0n) is 46.3. The van der Waals surface area contributed by atoms with Crippen molar-refractivity contribution in [2.75, 3.05) is 0 Å². The van der Waals surface area contributed by atoms with Gasteiger partial charge in [0.2, 0.25) is 0 Å². The van der Waals surface area contributed by atoms with Gasteiger partial charge in [-0.3, -0.25) is 0 Å². The second-order valence-electron chi connectivity index (χ2n) is 28.7. The predicted octanol–water partition coefficient (Wildman–Crippen LogP) is 17.5. The van der Waals surface area contributed by atoms with Gasteiger partial charge in [-0.2, -0.15) is 0 Å². The van der Waals surface area contributed by atoms with E-state index < -0.39 is 76.2 Å². The summed E-state index contributed by atoms with van der Waals surface area (Å²) in [5.41, 5.74) is -3.31. The van der Waals surface area contributed by atoms with E-state index in [1.54, 1.807) is 19.9 Å². The van der Waals surface area contributed by atoms with Crippen LogP contribution in [-0.2, 0) is 38.2 Å². The van der Waals surface area contributed by atoms with Gasteiger partial charge < -0.3 is 0 Å². The summed E-state index contributed by atoms with van der Waals surface area (Å²) in [6.07, 6.45) is 10.6. The van der Waals surface area contributed by atoms with E-state index in [-0.39, 0.29) is 46.3 Å². The first kappa shape index (κ1) is 64.5. The first-order valence-electron chi connectivity index (χ1n) is 25.8. The van der Waals surface area contributed by atoms with E-state index in [9.17, 15) is 10.4 Å². The van der Waals surface area contributed by atoms with E-state index >= 15 is 17.2 Å². The molecule has 0 aliphatic heterocycles. The van der Waals surface area contributed by atoms with Crippen molar-refractivity contribution in [3.63, 3.8) is 0 Å². The van der Waals surface area contributed by atoms with Crippen molar-refractivity contribution >= 4 is 10.5 Å². The van der Waals surface area contributed by atoms with Crippen LogP contribution in [0.5, 0.6) is 0 Å². The molecule has 0 spiro atoms. The van der Waals surface area contributed by atoms with Crippen LogP contribution in [0.3, 0.4) is 0 Å². The Balaban J connectivity index is 9.64. The molecule has 2 N–H and O–H groups in total. The summed E-state index contributed by atoms with van der Waals surface area (Å²) in [4.78, 5) is 50.3. The summed E-state index contributed by atoms with van der Waals surface area (Å²) in [5.74, 6) is -2.85. The Labute approximate surface area is 399 Å². The van der Waals surface area contributed by atoms with Crippen molar-refractivity contribution < 1.29 is 48.6 Å². The molecule has 0 saturated carbocycles. The van der Waals surface area contributed by atoms with E-state index in [1.807, 2.05) is 0 Å². The second-order valence-corrected chi connectivity index (χ2v) is 54.0. The molecule has 0 saturated heterocycles. The van der Waals surface area contributed by atoms with E-state index in [0.717, 1.165) is 31.4 Å². The van der Waals surface area contributed by atoms with Gasteiger partial charge in [0.1, 0.15) is 0 Å². The van der Waals surface area contributed by atoms with Crippen molar-refractivity contribution in [1.82, 2.24) is 0 Å². The number of aliphatic hydroxyl groups is 1. The summed E-state index contributed by atoms with van der Waals surface area (Å²) in [6.45, 7) is 51.5. The molecule has 0 rings (SSSR count). The molecule has 0 aromatic heterocycles. The van der Waals surface area contributed by atoms with Gasteiger partial charge in [-0.25, -0.2) is 0 Å². The van der Waals surface area contributed by atoms with Crippen LogP contribution >= 0.6 is 0 Å². The molecule has 0 aliphatic carbocycles. The van der Waals surface area contributed by atoms with Crippen LogP contribution < -0.4 is 0 Å². The van der Waals surface area contributed by atoms with Crippen molar-refractivity contribution in [3.05, 3.63) is 50.6 Å². The molecule has 387 valence electrons. The fraction of sp³-hybridized carbons (Fsp3) is 0.807. The molecule has 1 unspecified atom stereocenters. The SMILES string of the molecule is C=CCC(CC(C)(C)C)(CC(C)(C)C)C(C)(C)C(O)(CC=C)[O][Zr](=[O])([CH2]C=C)([CH2]C=C)([O]O)([C](=O)CCCCCC(C)(C)C)([C](=O)CCCCCC(C)(C)C)[C](=O)CCCCCC(C)(C)C. The quantitative estimate of drug-likeness (QED) is 0.0219. The molecular formula is C57H107O8Zr. The fourth-order valence-corrected chi connectivity index (χ4v) is 37.6. The van der Waals surface area contributed by atoms with Gasteiger partial charge in [-0.05, 0) is 0 Å². The van der Waals surface area contributed by atoms with Crippen molar-refractivity contribution in [2.24, 2.45) is 37.9 Å². The average Bonchev–Trinajstić information content (AvgIpc) is 3.12. The van der Waals surface area contributed by atoms with Crippen LogP contribution in [0.2, 0.25) is 8.26 Å². The summed E-state index contributed by atoms with van der Waals surface area (Å²) in [6, 6.07) is 0. The second kappa shape index (κ2) is 20.3. The molecule has 0 aromatic rings. The molecule has 1 atom stereocenters. The standard InChI is InChI=1S/C21H39O2.3C10H19O.2C3H5.H2O2.O.Zr/c1-11-13-20(15-17(3,4)5,16-18(6,7)8)19(9,10)21(22,23)14-12-2;3*1-10(2,3)8-6-4-5-7-9-11;2*1-3-2;1-2;;/h11-12,22H,1-2,13-16H2,3-10H3;3*4-8H2,1-3H3;2*3H,1-2H2;1-2H;;/q-1;;;;;;;;+2/p-1. The van der Waals surface area contributed by atoms with Crippen molar-refractivity contribution in [1.29, 1.82) is 0 Å². The fourth-order valence-electron chi connectivity index (χ4n) is 12.3. The van der Waals surface area contributed by atoms with Gasteiger partial charge in [-0.15, -0.1) is 0 Å². The number of allylic oxidation sites excluding steroid dienone is 3. The van der Waals surface area contributed by atoms with Crippen molar-refractivity contribution in [2.45, 2.75) is 254 Å². The van der Waals surface area contributed by atoms with E-state index in [2.05, 4.69) is 130 Å². The summed E-state index contributed by atoms with van der Waals surface area (Å²) in [5, 5.41) is 26.8.